The van der Waals surface area contributed by atoms with Crippen molar-refractivity contribution in [1.82, 2.24) is 4.90 Å². The molecule has 1 aromatic carbocycles. The highest BCUT2D eigenvalue weighted by molar-refractivity contribution is 9.09. The van der Waals surface area contributed by atoms with Gasteiger partial charge in [0.15, 0.2) is 0 Å². The third kappa shape index (κ3) is 7.27. The Hall–Kier alpha value is -1.23. The molecule has 1 atom stereocenters. The Morgan fingerprint density at radius 2 is 1.92 bits per heavy atom. The SMILES string of the molecule is CC(C)(C)OC(=O)N1CCCC(Oc2ccc(CCCBr)cc2)CC1. The number of alkyl halides is 1. The first kappa shape index (κ1) is 20.1. The lowest BCUT2D eigenvalue weighted by Crippen LogP contribution is -2.37. The van der Waals surface area contributed by atoms with Gasteiger partial charge in [-0.3, -0.25) is 0 Å². The Morgan fingerprint density at radius 1 is 1.20 bits per heavy atom. The average molecular weight is 412 g/mol. The van der Waals surface area contributed by atoms with Crippen molar-refractivity contribution in [3.8, 4) is 5.75 Å². The van der Waals surface area contributed by atoms with Gasteiger partial charge in [0.1, 0.15) is 17.5 Å². The summed E-state index contributed by atoms with van der Waals surface area (Å²) >= 11 is 3.46. The lowest BCUT2D eigenvalue weighted by molar-refractivity contribution is 0.0252. The van der Waals surface area contributed by atoms with Crippen LogP contribution < -0.4 is 4.74 Å². The number of rotatable bonds is 5. The Bertz CT molecular complexity index is 539. The molecule has 0 aliphatic carbocycles. The first-order valence-corrected chi connectivity index (χ1v) is 10.3. The van der Waals surface area contributed by atoms with Crippen LogP contribution in [0.15, 0.2) is 24.3 Å². The van der Waals surface area contributed by atoms with E-state index in [0.29, 0.717) is 6.54 Å². The lowest BCUT2D eigenvalue weighted by atomic mass is 10.1. The molecule has 0 aromatic heterocycles. The van der Waals surface area contributed by atoms with E-state index in [1.165, 1.54) is 5.56 Å². The summed E-state index contributed by atoms with van der Waals surface area (Å²) in [4.78, 5) is 14.0. The topological polar surface area (TPSA) is 38.8 Å². The largest absolute Gasteiger partial charge is 0.490 e. The van der Waals surface area contributed by atoms with Crippen molar-refractivity contribution >= 4 is 22.0 Å². The van der Waals surface area contributed by atoms with E-state index in [2.05, 4.69) is 40.2 Å². The van der Waals surface area contributed by atoms with Gasteiger partial charge in [-0.05, 0) is 64.2 Å². The predicted molar refractivity (Wildman–Crippen MR) is 105 cm³/mol. The number of likely N-dealkylation sites (tertiary alicyclic amines) is 1. The zero-order valence-corrected chi connectivity index (χ0v) is 17.2. The van der Waals surface area contributed by atoms with Gasteiger partial charge in [0.25, 0.3) is 0 Å². The number of halogens is 1. The van der Waals surface area contributed by atoms with Gasteiger partial charge in [-0.15, -0.1) is 0 Å². The first-order chi connectivity index (χ1) is 11.9. The van der Waals surface area contributed by atoms with Crippen molar-refractivity contribution in [3.05, 3.63) is 29.8 Å². The molecule has 2 rings (SSSR count). The maximum Gasteiger partial charge on any atom is 0.410 e. The number of amides is 1. The van der Waals surface area contributed by atoms with Crippen molar-refractivity contribution in [3.63, 3.8) is 0 Å². The third-order valence-electron chi connectivity index (χ3n) is 4.15. The Kier molecular flexibility index (Phi) is 7.60. The van der Waals surface area contributed by atoms with Crippen LogP contribution in [0.1, 0.15) is 52.0 Å². The molecule has 25 heavy (non-hydrogen) atoms. The number of aryl methyl sites for hydroxylation is 1. The van der Waals surface area contributed by atoms with E-state index in [1.807, 2.05) is 20.8 Å². The first-order valence-electron chi connectivity index (χ1n) is 9.17. The highest BCUT2D eigenvalue weighted by atomic mass is 79.9. The normalized spacial score (nSPS) is 18.6. The van der Waals surface area contributed by atoms with Crippen LogP contribution in [0.3, 0.4) is 0 Å². The van der Waals surface area contributed by atoms with E-state index in [1.54, 1.807) is 4.90 Å². The number of ether oxygens (including phenoxy) is 2. The van der Waals surface area contributed by atoms with Crippen molar-refractivity contribution in [2.75, 3.05) is 18.4 Å². The Balaban J connectivity index is 1.83. The number of hydrogen-bond donors (Lipinski definition) is 0. The molecule has 1 unspecified atom stereocenters. The highest BCUT2D eigenvalue weighted by Crippen LogP contribution is 2.21. The van der Waals surface area contributed by atoms with Crippen LogP contribution in [0.5, 0.6) is 5.75 Å². The van der Waals surface area contributed by atoms with Gasteiger partial charge >= 0.3 is 6.09 Å². The number of nitrogens with zero attached hydrogens (tertiary/aromatic N) is 1. The van der Waals surface area contributed by atoms with E-state index < -0.39 is 5.60 Å². The number of carbonyl (C=O) groups is 1. The average Bonchev–Trinajstić information content (AvgIpc) is 2.78. The molecule has 5 heteroatoms. The van der Waals surface area contributed by atoms with Gasteiger partial charge in [-0.2, -0.15) is 0 Å². The fourth-order valence-electron chi connectivity index (χ4n) is 2.89. The van der Waals surface area contributed by atoms with Crippen molar-refractivity contribution in [2.24, 2.45) is 0 Å². The van der Waals surface area contributed by atoms with Crippen molar-refractivity contribution in [1.29, 1.82) is 0 Å². The van der Waals surface area contributed by atoms with Crippen LogP contribution in [0, 0.1) is 0 Å². The molecular formula is C20H30BrNO3. The second-order valence-corrected chi connectivity index (χ2v) is 8.37. The summed E-state index contributed by atoms with van der Waals surface area (Å²) in [6.45, 7) is 7.12. The highest BCUT2D eigenvalue weighted by Gasteiger charge is 2.25. The number of carbonyl (C=O) groups excluding carboxylic acids is 1. The van der Waals surface area contributed by atoms with Gasteiger partial charge in [0, 0.05) is 24.8 Å². The van der Waals surface area contributed by atoms with Crippen LogP contribution in [0.2, 0.25) is 0 Å². The molecule has 4 nitrogen and oxygen atoms in total. The fourth-order valence-corrected chi connectivity index (χ4v) is 3.17. The van der Waals surface area contributed by atoms with Crippen LogP contribution in [0.25, 0.3) is 0 Å². The molecule has 140 valence electrons. The molecule has 1 aliphatic heterocycles. The maximum absolute atomic E-state index is 12.2. The molecular weight excluding hydrogens is 382 g/mol. The lowest BCUT2D eigenvalue weighted by Gasteiger charge is -2.26. The molecule has 0 spiro atoms. The minimum atomic E-state index is -0.449. The molecule has 0 radical (unpaired) electrons. The summed E-state index contributed by atoms with van der Waals surface area (Å²) in [6.07, 6.45) is 4.90. The fraction of sp³-hybridized carbons (Fsp3) is 0.650. The second kappa shape index (κ2) is 9.46. The standard InChI is InChI=1S/C20H30BrNO3/c1-20(2,3)25-19(23)22-14-5-7-17(12-15-22)24-18-10-8-16(9-11-18)6-4-13-21/h8-11,17H,4-7,12-15H2,1-3H3. The van der Waals surface area contributed by atoms with Crippen LogP contribution in [-0.2, 0) is 11.2 Å². The molecule has 0 bridgehead atoms. The molecule has 0 saturated carbocycles. The summed E-state index contributed by atoms with van der Waals surface area (Å²) in [5.41, 5.74) is 0.888. The van der Waals surface area contributed by atoms with E-state index >= 15 is 0 Å². The van der Waals surface area contributed by atoms with E-state index in [4.69, 9.17) is 9.47 Å². The van der Waals surface area contributed by atoms with E-state index in [9.17, 15) is 4.79 Å². The zero-order chi connectivity index (χ0) is 18.3. The summed E-state index contributed by atoms with van der Waals surface area (Å²) in [6, 6.07) is 8.39. The summed E-state index contributed by atoms with van der Waals surface area (Å²) in [7, 11) is 0. The van der Waals surface area contributed by atoms with Gasteiger partial charge in [0.2, 0.25) is 0 Å². The minimum absolute atomic E-state index is 0.154. The van der Waals surface area contributed by atoms with Crippen LogP contribution >= 0.6 is 15.9 Å². The van der Waals surface area contributed by atoms with Gasteiger partial charge in [-0.1, -0.05) is 28.1 Å². The van der Waals surface area contributed by atoms with Crippen molar-refractivity contribution in [2.45, 2.75) is 64.6 Å². The Labute approximate surface area is 160 Å². The molecule has 0 N–H and O–H groups in total. The van der Waals surface area contributed by atoms with E-state index in [-0.39, 0.29) is 12.2 Å². The molecule has 1 fully saturated rings. The van der Waals surface area contributed by atoms with Gasteiger partial charge < -0.3 is 14.4 Å². The van der Waals surface area contributed by atoms with Gasteiger partial charge in [0.05, 0.1) is 0 Å². The molecule has 1 aromatic rings. The smallest absolute Gasteiger partial charge is 0.410 e. The quantitative estimate of drug-likeness (QED) is 0.626. The van der Waals surface area contributed by atoms with Gasteiger partial charge in [-0.25, -0.2) is 4.79 Å². The summed E-state index contributed by atoms with van der Waals surface area (Å²) < 4.78 is 11.6. The molecule has 1 heterocycles. The molecule has 1 amide bonds. The van der Waals surface area contributed by atoms with Crippen molar-refractivity contribution < 1.29 is 14.3 Å². The zero-order valence-electron chi connectivity index (χ0n) is 15.6. The van der Waals surface area contributed by atoms with Crippen LogP contribution in [0.4, 0.5) is 4.79 Å². The second-order valence-electron chi connectivity index (χ2n) is 7.57. The summed E-state index contributed by atoms with van der Waals surface area (Å²) in [5, 5.41) is 1.03. The predicted octanol–water partition coefficient (Wildman–Crippen LogP) is 5.18. The Morgan fingerprint density at radius 3 is 2.56 bits per heavy atom. The number of benzene rings is 1. The maximum atomic E-state index is 12.2. The third-order valence-corrected chi connectivity index (χ3v) is 4.71. The van der Waals surface area contributed by atoms with Crippen LogP contribution in [-0.4, -0.2) is 41.1 Å². The molecule has 1 aliphatic rings. The van der Waals surface area contributed by atoms with E-state index in [0.717, 1.165) is 49.7 Å². The minimum Gasteiger partial charge on any atom is -0.490 e. The monoisotopic (exact) mass is 411 g/mol. The molecule has 1 saturated heterocycles. The number of hydrogen-bond acceptors (Lipinski definition) is 3. The summed E-state index contributed by atoms with van der Waals surface area (Å²) in [5.74, 6) is 0.915.